The molecule has 0 aliphatic heterocycles. The van der Waals surface area contributed by atoms with E-state index in [-0.39, 0.29) is 11.7 Å². The quantitative estimate of drug-likeness (QED) is 0.664. The van der Waals surface area contributed by atoms with Gasteiger partial charge in [0.25, 0.3) is 5.91 Å². The Balaban J connectivity index is 2.13. The van der Waals surface area contributed by atoms with Crippen LogP contribution in [0.4, 0.5) is 0 Å². The van der Waals surface area contributed by atoms with Crippen LogP contribution in [-0.2, 0) is 0 Å². The van der Waals surface area contributed by atoms with Crippen molar-refractivity contribution in [3.63, 3.8) is 0 Å². The Morgan fingerprint density at radius 3 is 2.81 bits per heavy atom. The minimum absolute atomic E-state index is 0.0495. The lowest BCUT2D eigenvalue weighted by Crippen LogP contribution is -2.19. The number of aromatic nitrogens is 1. The van der Waals surface area contributed by atoms with Crippen LogP contribution in [-0.4, -0.2) is 28.8 Å². The van der Waals surface area contributed by atoms with E-state index in [4.69, 9.17) is 4.74 Å². The molecule has 0 fully saturated rings. The van der Waals surface area contributed by atoms with Crippen molar-refractivity contribution in [2.75, 3.05) is 7.11 Å². The Bertz CT molecular complexity index is 669. The zero-order valence-corrected chi connectivity index (χ0v) is 11.7. The zero-order chi connectivity index (χ0) is 15.2. The average Bonchev–Trinajstić information content (AvgIpc) is 2.53. The fraction of sp³-hybridized carbons (Fsp3) is 0.133. The Morgan fingerprint density at radius 1 is 1.33 bits per heavy atom. The maximum absolute atomic E-state index is 11.8. The van der Waals surface area contributed by atoms with Crippen LogP contribution in [0.3, 0.4) is 0 Å². The first-order valence-corrected chi connectivity index (χ1v) is 6.24. The predicted octanol–water partition coefficient (Wildman–Crippen LogP) is 1.95. The van der Waals surface area contributed by atoms with Crippen LogP contribution in [0.25, 0.3) is 0 Å². The molecule has 0 bridgehead atoms. The van der Waals surface area contributed by atoms with Gasteiger partial charge in [-0.25, -0.2) is 5.43 Å². The van der Waals surface area contributed by atoms with Gasteiger partial charge in [-0.1, -0.05) is 0 Å². The smallest absolute Gasteiger partial charge is 0.272 e. The highest BCUT2D eigenvalue weighted by Crippen LogP contribution is 2.26. The van der Waals surface area contributed by atoms with Crippen molar-refractivity contribution in [2.24, 2.45) is 5.10 Å². The van der Waals surface area contributed by atoms with Gasteiger partial charge in [-0.3, -0.25) is 9.78 Å². The largest absolute Gasteiger partial charge is 0.504 e. The third-order valence-corrected chi connectivity index (χ3v) is 2.85. The van der Waals surface area contributed by atoms with Crippen molar-refractivity contribution < 1.29 is 14.6 Å². The summed E-state index contributed by atoms with van der Waals surface area (Å²) in [5.74, 6) is 0.0577. The first-order chi connectivity index (χ1) is 10.1. The summed E-state index contributed by atoms with van der Waals surface area (Å²) in [4.78, 5) is 15.7. The first kappa shape index (κ1) is 14.5. The number of carbonyl (C=O) groups is 1. The summed E-state index contributed by atoms with van der Waals surface area (Å²) in [5, 5.41) is 13.6. The number of hydrazone groups is 1. The molecule has 0 atom stereocenters. The van der Waals surface area contributed by atoms with Gasteiger partial charge < -0.3 is 9.84 Å². The molecule has 21 heavy (non-hydrogen) atoms. The van der Waals surface area contributed by atoms with Gasteiger partial charge in [0.05, 0.1) is 18.4 Å². The van der Waals surface area contributed by atoms with Crippen molar-refractivity contribution in [3.8, 4) is 11.5 Å². The molecule has 108 valence electrons. The van der Waals surface area contributed by atoms with Gasteiger partial charge in [0, 0.05) is 18.0 Å². The number of hydrogen-bond donors (Lipinski definition) is 2. The minimum Gasteiger partial charge on any atom is -0.504 e. The number of aromatic hydroxyl groups is 1. The molecule has 0 saturated heterocycles. The van der Waals surface area contributed by atoms with E-state index in [1.54, 1.807) is 37.4 Å². The monoisotopic (exact) mass is 285 g/mol. The molecule has 0 aliphatic carbocycles. The van der Waals surface area contributed by atoms with E-state index in [1.165, 1.54) is 19.4 Å². The van der Waals surface area contributed by atoms with Crippen LogP contribution < -0.4 is 10.2 Å². The number of hydrogen-bond acceptors (Lipinski definition) is 5. The molecule has 2 aromatic rings. The number of rotatable bonds is 4. The Labute approximate surface area is 122 Å². The van der Waals surface area contributed by atoms with E-state index in [9.17, 15) is 9.90 Å². The van der Waals surface area contributed by atoms with Crippen LogP contribution in [0.1, 0.15) is 22.8 Å². The molecule has 2 rings (SSSR count). The second-order valence-electron chi connectivity index (χ2n) is 4.27. The molecule has 0 radical (unpaired) electrons. The highest BCUT2D eigenvalue weighted by Gasteiger charge is 2.07. The van der Waals surface area contributed by atoms with Gasteiger partial charge in [0.1, 0.15) is 0 Å². The summed E-state index contributed by atoms with van der Waals surface area (Å²) < 4.78 is 5.03. The number of carbonyl (C=O) groups excluding carboxylic acids is 1. The Kier molecular flexibility index (Phi) is 4.50. The SMILES string of the molecule is COc1cc(C(C)=NNC(=O)c2cccnc2)ccc1O. The molecule has 2 N–H and O–H groups in total. The predicted molar refractivity (Wildman–Crippen MR) is 78.6 cm³/mol. The summed E-state index contributed by atoms with van der Waals surface area (Å²) in [7, 11) is 1.47. The van der Waals surface area contributed by atoms with E-state index in [0.29, 0.717) is 17.0 Å². The van der Waals surface area contributed by atoms with Crippen LogP contribution in [0.15, 0.2) is 47.8 Å². The summed E-state index contributed by atoms with van der Waals surface area (Å²) in [6.45, 7) is 1.75. The molecule has 0 saturated carbocycles. The topological polar surface area (TPSA) is 83.8 Å². The Morgan fingerprint density at radius 2 is 2.14 bits per heavy atom. The summed E-state index contributed by atoms with van der Waals surface area (Å²) in [6.07, 6.45) is 3.05. The van der Waals surface area contributed by atoms with E-state index in [0.717, 1.165) is 5.56 Å². The number of pyridine rings is 1. The lowest BCUT2D eigenvalue weighted by atomic mass is 10.1. The van der Waals surface area contributed by atoms with E-state index in [1.807, 2.05) is 0 Å². The lowest BCUT2D eigenvalue weighted by molar-refractivity contribution is 0.0954. The molecule has 1 amide bonds. The molecular formula is C15H15N3O3. The molecule has 1 heterocycles. The highest BCUT2D eigenvalue weighted by atomic mass is 16.5. The van der Waals surface area contributed by atoms with Crippen LogP contribution in [0.5, 0.6) is 11.5 Å². The zero-order valence-electron chi connectivity index (χ0n) is 11.7. The fourth-order valence-corrected chi connectivity index (χ4v) is 1.66. The maximum atomic E-state index is 11.8. The molecule has 1 aromatic carbocycles. The van der Waals surface area contributed by atoms with E-state index in [2.05, 4.69) is 15.5 Å². The number of phenolic OH excluding ortho intramolecular Hbond substituents is 1. The van der Waals surface area contributed by atoms with E-state index >= 15 is 0 Å². The maximum Gasteiger partial charge on any atom is 0.272 e. The van der Waals surface area contributed by atoms with E-state index < -0.39 is 0 Å². The molecule has 0 spiro atoms. The number of nitrogens with one attached hydrogen (secondary N) is 1. The third-order valence-electron chi connectivity index (χ3n) is 2.85. The molecular weight excluding hydrogens is 270 g/mol. The summed E-state index contributed by atoms with van der Waals surface area (Å²) in [5.41, 5.74) is 4.20. The molecule has 6 heteroatoms. The Hall–Kier alpha value is -2.89. The standard InChI is InChI=1S/C15H15N3O3/c1-10(11-5-6-13(19)14(8-11)21-2)17-18-15(20)12-4-3-7-16-9-12/h3-9,19H,1-2H3,(H,18,20). The molecule has 1 aromatic heterocycles. The molecule has 0 aliphatic rings. The van der Waals surface area contributed by atoms with Crippen LogP contribution in [0, 0.1) is 0 Å². The molecule has 0 unspecified atom stereocenters. The van der Waals surface area contributed by atoms with Gasteiger partial charge in [-0.15, -0.1) is 0 Å². The van der Waals surface area contributed by atoms with Gasteiger partial charge in [0.15, 0.2) is 11.5 Å². The number of ether oxygens (including phenoxy) is 1. The summed E-state index contributed by atoms with van der Waals surface area (Å²) >= 11 is 0. The number of nitrogens with zero attached hydrogens (tertiary/aromatic N) is 2. The average molecular weight is 285 g/mol. The van der Waals surface area contributed by atoms with Crippen molar-refractivity contribution in [3.05, 3.63) is 53.9 Å². The summed E-state index contributed by atoms with van der Waals surface area (Å²) in [6, 6.07) is 8.17. The third kappa shape index (κ3) is 3.56. The van der Waals surface area contributed by atoms with Crippen LogP contribution in [0.2, 0.25) is 0 Å². The minimum atomic E-state index is -0.340. The number of phenols is 1. The highest BCUT2D eigenvalue weighted by molar-refractivity contribution is 6.01. The normalized spacial score (nSPS) is 11.0. The van der Waals surface area contributed by atoms with Crippen molar-refractivity contribution in [1.29, 1.82) is 0 Å². The first-order valence-electron chi connectivity index (χ1n) is 6.24. The van der Waals surface area contributed by atoms with Crippen molar-refractivity contribution in [1.82, 2.24) is 10.4 Å². The number of amides is 1. The van der Waals surface area contributed by atoms with Gasteiger partial charge in [0.2, 0.25) is 0 Å². The lowest BCUT2D eigenvalue weighted by Gasteiger charge is -2.06. The van der Waals surface area contributed by atoms with Gasteiger partial charge in [-0.05, 0) is 37.3 Å². The van der Waals surface area contributed by atoms with Gasteiger partial charge in [-0.2, -0.15) is 5.10 Å². The second kappa shape index (κ2) is 6.51. The van der Waals surface area contributed by atoms with Gasteiger partial charge >= 0.3 is 0 Å². The molecule has 6 nitrogen and oxygen atoms in total. The van der Waals surface area contributed by atoms with Crippen molar-refractivity contribution >= 4 is 11.6 Å². The number of methoxy groups -OCH3 is 1. The second-order valence-corrected chi connectivity index (χ2v) is 4.27. The number of benzene rings is 1. The fourth-order valence-electron chi connectivity index (χ4n) is 1.66. The van der Waals surface area contributed by atoms with Crippen LogP contribution >= 0.6 is 0 Å². The van der Waals surface area contributed by atoms with Crippen molar-refractivity contribution in [2.45, 2.75) is 6.92 Å².